The summed E-state index contributed by atoms with van der Waals surface area (Å²) >= 11 is 0. The van der Waals surface area contributed by atoms with Crippen LogP contribution >= 0.6 is 0 Å². The zero-order chi connectivity index (χ0) is 13.0. The van der Waals surface area contributed by atoms with E-state index in [9.17, 15) is 0 Å². The number of piperidine rings is 1. The van der Waals surface area contributed by atoms with Gasteiger partial charge in [-0.25, -0.2) is 0 Å². The molecule has 1 N–H and O–H groups in total. The highest BCUT2D eigenvalue weighted by atomic mass is 14.9. The highest BCUT2D eigenvalue weighted by Gasteiger charge is 2.18. The van der Waals surface area contributed by atoms with Gasteiger partial charge in [-0.05, 0) is 61.2 Å². The molecule has 0 saturated carbocycles. The van der Waals surface area contributed by atoms with Gasteiger partial charge < -0.3 is 5.32 Å². The minimum atomic E-state index is 0.269. The lowest BCUT2D eigenvalue weighted by molar-refractivity contribution is 0.353. The van der Waals surface area contributed by atoms with E-state index in [1.54, 1.807) is 5.56 Å². The van der Waals surface area contributed by atoms with Crippen LogP contribution in [-0.2, 0) is 11.8 Å². The van der Waals surface area contributed by atoms with E-state index in [0.717, 1.165) is 5.92 Å². The Hall–Kier alpha value is -0.820. The molecule has 1 aromatic rings. The Morgan fingerprint density at radius 2 is 1.78 bits per heavy atom. The summed E-state index contributed by atoms with van der Waals surface area (Å²) in [5.41, 5.74) is 3.35. The molecule has 1 aliphatic rings. The van der Waals surface area contributed by atoms with Crippen LogP contribution in [0.5, 0.6) is 0 Å². The Labute approximate surface area is 112 Å². The zero-order valence-corrected chi connectivity index (χ0v) is 12.1. The molecule has 0 atom stereocenters. The van der Waals surface area contributed by atoms with Crippen LogP contribution < -0.4 is 5.32 Å². The summed E-state index contributed by atoms with van der Waals surface area (Å²) < 4.78 is 0. The van der Waals surface area contributed by atoms with Crippen molar-refractivity contribution in [3.05, 3.63) is 35.4 Å². The second-order valence-electron chi connectivity index (χ2n) is 6.64. The lowest BCUT2D eigenvalue weighted by Gasteiger charge is -2.25. The van der Waals surface area contributed by atoms with Crippen LogP contribution in [0.15, 0.2) is 24.3 Å². The van der Waals surface area contributed by atoms with Gasteiger partial charge in [0.15, 0.2) is 0 Å². The van der Waals surface area contributed by atoms with Gasteiger partial charge >= 0.3 is 0 Å². The maximum atomic E-state index is 3.45. The van der Waals surface area contributed by atoms with E-state index in [4.69, 9.17) is 0 Å². The molecule has 2 rings (SSSR count). The van der Waals surface area contributed by atoms with Crippen LogP contribution in [0.1, 0.15) is 51.2 Å². The molecule has 1 heterocycles. The molecule has 1 fully saturated rings. The summed E-state index contributed by atoms with van der Waals surface area (Å²) in [6.07, 6.45) is 5.32. The van der Waals surface area contributed by atoms with E-state index in [0.29, 0.717) is 0 Å². The fraction of sp³-hybridized carbons (Fsp3) is 0.647. The molecule has 0 radical (unpaired) electrons. The Bertz CT molecular complexity index is 369. The van der Waals surface area contributed by atoms with Crippen LogP contribution in [0, 0.1) is 5.92 Å². The molecule has 0 spiro atoms. The van der Waals surface area contributed by atoms with Crippen LogP contribution in [0.3, 0.4) is 0 Å². The summed E-state index contributed by atoms with van der Waals surface area (Å²) in [7, 11) is 0. The summed E-state index contributed by atoms with van der Waals surface area (Å²) in [6, 6.07) is 8.99. The third kappa shape index (κ3) is 3.58. The minimum absolute atomic E-state index is 0.269. The van der Waals surface area contributed by atoms with Crippen molar-refractivity contribution < 1.29 is 0 Å². The van der Waals surface area contributed by atoms with Gasteiger partial charge in [-0.1, -0.05) is 45.0 Å². The fourth-order valence-corrected chi connectivity index (χ4v) is 3.00. The molecule has 0 unspecified atom stereocenters. The monoisotopic (exact) mass is 245 g/mol. The quantitative estimate of drug-likeness (QED) is 0.851. The Morgan fingerprint density at radius 3 is 2.44 bits per heavy atom. The van der Waals surface area contributed by atoms with Crippen LogP contribution in [-0.4, -0.2) is 13.1 Å². The van der Waals surface area contributed by atoms with Gasteiger partial charge in [0.25, 0.3) is 0 Å². The molecule has 0 aliphatic carbocycles. The SMILES string of the molecule is CC(C)(C)c1ccccc1CCC1CCNCC1. The smallest absolute Gasteiger partial charge is 0.00463 e. The van der Waals surface area contributed by atoms with E-state index in [2.05, 4.69) is 50.4 Å². The second kappa shape index (κ2) is 5.88. The van der Waals surface area contributed by atoms with Gasteiger partial charge in [-0.2, -0.15) is 0 Å². The van der Waals surface area contributed by atoms with Crippen molar-refractivity contribution in [2.45, 2.75) is 51.9 Å². The first kappa shape index (κ1) is 13.6. The van der Waals surface area contributed by atoms with Gasteiger partial charge in [0.05, 0.1) is 0 Å². The summed E-state index contributed by atoms with van der Waals surface area (Å²) in [6.45, 7) is 9.38. The van der Waals surface area contributed by atoms with Gasteiger partial charge in [0, 0.05) is 0 Å². The zero-order valence-electron chi connectivity index (χ0n) is 12.1. The van der Waals surface area contributed by atoms with Crippen molar-refractivity contribution in [3.63, 3.8) is 0 Å². The maximum Gasteiger partial charge on any atom is -0.00463 e. The lowest BCUT2D eigenvalue weighted by Crippen LogP contribution is -2.28. The molecule has 0 amide bonds. The molecular weight excluding hydrogens is 218 g/mol. The molecule has 1 aliphatic heterocycles. The predicted octanol–water partition coefficient (Wildman–Crippen LogP) is 3.92. The minimum Gasteiger partial charge on any atom is -0.317 e. The molecule has 18 heavy (non-hydrogen) atoms. The van der Waals surface area contributed by atoms with Gasteiger partial charge in [0.1, 0.15) is 0 Å². The third-order valence-corrected chi connectivity index (χ3v) is 4.11. The first-order valence-corrected chi connectivity index (χ1v) is 7.36. The van der Waals surface area contributed by atoms with Gasteiger partial charge in [-0.15, -0.1) is 0 Å². The Balaban J connectivity index is 2.00. The van der Waals surface area contributed by atoms with Gasteiger partial charge in [-0.3, -0.25) is 0 Å². The number of hydrogen-bond donors (Lipinski definition) is 1. The van der Waals surface area contributed by atoms with Crippen LogP contribution in [0.25, 0.3) is 0 Å². The first-order chi connectivity index (χ1) is 8.57. The average Bonchev–Trinajstić information content (AvgIpc) is 2.37. The molecule has 1 heteroatoms. The molecule has 1 nitrogen and oxygen atoms in total. The topological polar surface area (TPSA) is 12.0 Å². The van der Waals surface area contributed by atoms with Crippen molar-refractivity contribution in [1.29, 1.82) is 0 Å². The Morgan fingerprint density at radius 1 is 1.11 bits per heavy atom. The van der Waals surface area contributed by atoms with Gasteiger partial charge in [0.2, 0.25) is 0 Å². The normalized spacial score (nSPS) is 17.9. The lowest BCUT2D eigenvalue weighted by atomic mass is 9.81. The van der Waals surface area contributed by atoms with Crippen molar-refractivity contribution in [2.75, 3.05) is 13.1 Å². The Kier molecular flexibility index (Phi) is 4.45. The molecular formula is C17H27N. The van der Waals surface area contributed by atoms with E-state index in [1.807, 2.05) is 0 Å². The standard InChI is InChI=1S/C17H27N/c1-17(2,3)16-7-5-4-6-15(16)9-8-14-10-12-18-13-11-14/h4-7,14,18H,8-13H2,1-3H3. The van der Waals surface area contributed by atoms with E-state index in [1.165, 1.54) is 44.3 Å². The molecule has 0 aromatic heterocycles. The predicted molar refractivity (Wildman–Crippen MR) is 79.1 cm³/mol. The number of aryl methyl sites for hydroxylation is 1. The number of nitrogens with one attached hydrogen (secondary N) is 1. The number of benzene rings is 1. The molecule has 0 bridgehead atoms. The van der Waals surface area contributed by atoms with Crippen molar-refractivity contribution >= 4 is 0 Å². The first-order valence-electron chi connectivity index (χ1n) is 7.36. The number of hydrogen-bond acceptors (Lipinski definition) is 1. The largest absolute Gasteiger partial charge is 0.317 e. The summed E-state index contributed by atoms with van der Waals surface area (Å²) in [4.78, 5) is 0. The average molecular weight is 245 g/mol. The second-order valence-corrected chi connectivity index (χ2v) is 6.64. The highest BCUT2D eigenvalue weighted by molar-refractivity contribution is 5.32. The third-order valence-electron chi connectivity index (χ3n) is 4.11. The van der Waals surface area contributed by atoms with Crippen molar-refractivity contribution in [2.24, 2.45) is 5.92 Å². The molecule has 100 valence electrons. The maximum absolute atomic E-state index is 3.45. The van der Waals surface area contributed by atoms with E-state index in [-0.39, 0.29) is 5.41 Å². The van der Waals surface area contributed by atoms with Crippen LogP contribution in [0.2, 0.25) is 0 Å². The molecule has 1 aromatic carbocycles. The highest BCUT2D eigenvalue weighted by Crippen LogP contribution is 2.28. The fourth-order valence-electron chi connectivity index (χ4n) is 3.00. The summed E-state index contributed by atoms with van der Waals surface area (Å²) in [5, 5.41) is 3.45. The van der Waals surface area contributed by atoms with Crippen LogP contribution in [0.4, 0.5) is 0 Å². The van der Waals surface area contributed by atoms with Crippen molar-refractivity contribution in [3.8, 4) is 0 Å². The van der Waals surface area contributed by atoms with Crippen molar-refractivity contribution in [1.82, 2.24) is 5.32 Å². The number of rotatable bonds is 3. The van der Waals surface area contributed by atoms with E-state index >= 15 is 0 Å². The molecule has 1 saturated heterocycles. The summed E-state index contributed by atoms with van der Waals surface area (Å²) in [5.74, 6) is 0.930. The van der Waals surface area contributed by atoms with E-state index < -0.39 is 0 Å².